The standard InChI is InChI=1S/C23H27N5OS/c1-16-19-15-21(30-23(19)28(3)26-16)22(29)27(2)13-9-5-8-12-18-14-20(25-24-18)17-10-6-4-7-11-17/h4,6-7,10-11,14-15H,5,8-9,12-13H2,1-3H3,(H,24,25). The van der Waals surface area contributed by atoms with Crippen LogP contribution in [0.25, 0.3) is 21.5 Å². The number of aromatic amines is 1. The van der Waals surface area contributed by atoms with Gasteiger partial charge in [0.25, 0.3) is 5.91 Å². The fraction of sp³-hybridized carbons (Fsp3) is 0.348. The number of benzene rings is 1. The van der Waals surface area contributed by atoms with Crippen LogP contribution in [0.5, 0.6) is 0 Å². The third-order valence-corrected chi connectivity index (χ3v) is 6.58. The molecule has 0 aliphatic heterocycles. The van der Waals surface area contributed by atoms with E-state index in [1.807, 2.05) is 54.9 Å². The fourth-order valence-electron chi connectivity index (χ4n) is 3.69. The number of amides is 1. The smallest absolute Gasteiger partial charge is 0.263 e. The molecule has 6 nitrogen and oxygen atoms in total. The number of aromatic nitrogens is 4. The van der Waals surface area contributed by atoms with Gasteiger partial charge >= 0.3 is 0 Å². The lowest BCUT2D eigenvalue weighted by molar-refractivity contribution is 0.0797. The Hall–Kier alpha value is -2.93. The average Bonchev–Trinajstić information content (AvgIpc) is 3.46. The zero-order valence-corrected chi connectivity index (χ0v) is 18.5. The Morgan fingerprint density at radius 3 is 2.73 bits per heavy atom. The Kier molecular flexibility index (Phi) is 5.99. The van der Waals surface area contributed by atoms with Gasteiger partial charge < -0.3 is 4.90 Å². The highest BCUT2D eigenvalue weighted by Crippen LogP contribution is 2.28. The minimum absolute atomic E-state index is 0.0941. The van der Waals surface area contributed by atoms with Gasteiger partial charge in [0, 0.05) is 37.3 Å². The second kappa shape index (κ2) is 8.83. The monoisotopic (exact) mass is 421 g/mol. The predicted molar refractivity (Wildman–Crippen MR) is 122 cm³/mol. The van der Waals surface area contributed by atoms with E-state index in [9.17, 15) is 4.79 Å². The van der Waals surface area contributed by atoms with Crippen molar-refractivity contribution in [1.82, 2.24) is 24.9 Å². The number of nitrogens with one attached hydrogen (secondary N) is 1. The molecule has 1 amide bonds. The van der Waals surface area contributed by atoms with E-state index in [0.717, 1.165) is 70.0 Å². The molecule has 1 aromatic carbocycles. The molecule has 4 rings (SSSR count). The lowest BCUT2D eigenvalue weighted by Crippen LogP contribution is -2.27. The van der Waals surface area contributed by atoms with Crippen molar-refractivity contribution in [2.24, 2.45) is 7.05 Å². The second-order valence-corrected chi connectivity index (χ2v) is 8.75. The molecular weight excluding hydrogens is 394 g/mol. The van der Waals surface area contributed by atoms with Gasteiger partial charge in [0.15, 0.2) is 0 Å². The topological polar surface area (TPSA) is 66.8 Å². The number of rotatable bonds is 8. The van der Waals surface area contributed by atoms with Crippen molar-refractivity contribution >= 4 is 27.5 Å². The summed E-state index contributed by atoms with van der Waals surface area (Å²) in [6, 6.07) is 14.3. The quantitative estimate of drug-likeness (QED) is 0.415. The van der Waals surface area contributed by atoms with Gasteiger partial charge in [0.1, 0.15) is 4.83 Å². The molecule has 3 aromatic heterocycles. The highest BCUT2D eigenvalue weighted by atomic mass is 32.1. The van der Waals surface area contributed by atoms with Crippen molar-refractivity contribution in [2.45, 2.75) is 32.6 Å². The third-order valence-electron chi connectivity index (χ3n) is 5.39. The number of carbonyl (C=O) groups is 1. The first-order chi connectivity index (χ1) is 14.5. The zero-order chi connectivity index (χ0) is 21.1. The first-order valence-electron chi connectivity index (χ1n) is 10.3. The number of aryl methyl sites for hydroxylation is 3. The van der Waals surface area contributed by atoms with E-state index >= 15 is 0 Å². The average molecular weight is 422 g/mol. The van der Waals surface area contributed by atoms with E-state index in [1.54, 1.807) is 0 Å². The largest absolute Gasteiger partial charge is 0.341 e. The molecule has 0 saturated heterocycles. The van der Waals surface area contributed by atoms with Crippen LogP contribution in [0.4, 0.5) is 0 Å². The van der Waals surface area contributed by atoms with Crippen LogP contribution in [0.15, 0.2) is 42.5 Å². The molecule has 0 aliphatic rings. The maximum Gasteiger partial charge on any atom is 0.263 e. The van der Waals surface area contributed by atoms with Crippen LogP contribution in [0.2, 0.25) is 0 Å². The normalized spacial score (nSPS) is 11.3. The van der Waals surface area contributed by atoms with Gasteiger partial charge in [-0.25, -0.2) is 0 Å². The van der Waals surface area contributed by atoms with Crippen LogP contribution in [-0.2, 0) is 13.5 Å². The van der Waals surface area contributed by atoms with Crippen molar-refractivity contribution in [2.75, 3.05) is 13.6 Å². The SMILES string of the molecule is Cc1nn(C)c2sc(C(=O)N(C)CCCCCc3cc(-c4ccccc4)n[nH]3)cc12. The summed E-state index contributed by atoms with van der Waals surface area (Å²) >= 11 is 1.52. The molecule has 0 saturated carbocycles. The summed E-state index contributed by atoms with van der Waals surface area (Å²) in [5.74, 6) is 0.0941. The Morgan fingerprint density at radius 1 is 1.17 bits per heavy atom. The molecule has 3 heterocycles. The van der Waals surface area contributed by atoms with Gasteiger partial charge in [-0.1, -0.05) is 36.8 Å². The van der Waals surface area contributed by atoms with Crippen molar-refractivity contribution in [3.8, 4) is 11.3 Å². The van der Waals surface area contributed by atoms with E-state index < -0.39 is 0 Å². The maximum atomic E-state index is 12.8. The molecule has 0 atom stereocenters. The summed E-state index contributed by atoms with van der Waals surface area (Å²) in [6.45, 7) is 2.75. The molecule has 4 aromatic rings. The number of fused-ring (bicyclic) bond motifs is 1. The molecule has 0 unspecified atom stereocenters. The molecule has 30 heavy (non-hydrogen) atoms. The molecule has 1 N–H and O–H groups in total. The Morgan fingerprint density at radius 2 is 1.97 bits per heavy atom. The van der Waals surface area contributed by atoms with Gasteiger partial charge in [0.2, 0.25) is 0 Å². The highest BCUT2D eigenvalue weighted by molar-refractivity contribution is 7.20. The molecule has 7 heteroatoms. The Bertz CT molecular complexity index is 1110. The summed E-state index contributed by atoms with van der Waals surface area (Å²) in [4.78, 5) is 16.4. The highest BCUT2D eigenvalue weighted by Gasteiger charge is 2.17. The summed E-state index contributed by atoms with van der Waals surface area (Å²) in [6.07, 6.45) is 4.12. The number of hydrogen-bond donors (Lipinski definition) is 1. The van der Waals surface area contributed by atoms with Gasteiger partial charge in [-0.05, 0) is 38.3 Å². The number of unbranched alkanes of at least 4 members (excludes halogenated alkanes) is 2. The fourth-order valence-corrected chi connectivity index (χ4v) is 4.81. The first-order valence-corrected chi connectivity index (χ1v) is 11.1. The van der Waals surface area contributed by atoms with Crippen molar-refractivity contribution in [1.29, 1.82) is 0 Å². The summed E-state index contributed by atoms with van der Waals surface area (Å²) < 4.78 is 1.85. The summed E-state index contributed by atoms with van der Waals surface area (Å²) in [7, 11) is 3.81. The second-order valence-electron chi connectivity index (χ2n) is 7.72. The molecular formula is C23H27N5OS. The van der Waals surface area contributed by atoms with E-state index in [4.69, 9.17) is 0 Å². The Labute approximate surface area is 180 Å². The van der Waals surface area contributed by atoms with Gasteiger partial charge in [-0.3, -0.25) is 14.6 Å². The number of hydrogen-bond acceptors (Lipinski definition) is 4. The minimum atomic E-state index is 0.0941. The van der Waals surface area contributed by atoms with Crippen molar-refractivity contribution in [3.63, 3.8) is 0 Å². The summed E-state index contributed by atoms with van der Waals surface area (Å²) in [5, 5.41) is 13.0. The molecule has 0 radical (unpaired) electrons. The maximum absolute atomic E-state index is 12.8. The number of H-pyrrole nitrogens is 1. The van der Waals surface area contributed by atoms with Crippen molar-refractivity contribution in [3.05, 3.63) is 58.7 Å². The molecule has 0 aliphatic carbocycles. The Balaban J connectivity index is 1.23. The number of thiophene rings is 1. The van der Waals surface area contributed by atoms with Gasteiger partial charge in [-0.2, -0.15) is 10.2 Å². The van der Waals surface area contributed by atoms with E-state index in [2.05, 4.69) is 33.5 Å². The predicted octanol–water partition coefficient (Wildman–Crippen LogP) is 4.82. The van der Waals surface area contributed by atoms with E-state index in [0.29, 0.717) is 0 Å². The number of nitrogens with zero attached hydrogens (tertiary/aromatic N) is 4. The van der Waals surface area contributed by atoms with Gasteiger partial charge in [0.05, 0.1) is 16.3 Å². The van der Waals surface area contributed by atoms with Crippen LogP contribution >= 0.6 is 11.3 Å². The zero-order valence-electron chi connectivity index (χ0n) is 17.7. The van der Waals surface area contributed by atoms with Gasteiger partial charge in [-0.15, -0.1) is 11.3 Å². The number of carbonyl (C=O) groups excluding carboxylic acids is 1. The van der Waals surface area contributed by atoms with Crippen LogP contribution in [0.1, 0.15) is 40.3 Å². The van der Waals surface area contributed by atoms with E-state index in [-0.39, 0.29) is 5.91 Å². The molecule has 156 valence electrons. The van der Waals surface area contributed by atoms with Crippen molar-refractivity contribution < 1.29 is 4.79 Å². The molecule has 0 bridgehead atoms. The van der Waals surface area contributed by atoms with Crippen LogP contribution in [0, 0.1) is 6.92 Å². The molecule has 0 spiro atoms. The lowest BCUT2D eigenvalue weighted by atomic mass is 10.1. The lowest BCUT2D eigenvalue weighted by Gasteiger charge is -2.15. The van der Waals surface area contributed by atoms with Crippen LogP contribution in [0.3, 0.4) is 0 Å². The first kappa shape index (κ1) is 20.3. The summed E-state index contributed by atoms with van der Waals surface area (Å²) in [5.41, 5.74) is 4.25. The third kappa shape index (κ3) is 4.31. The van der Waals surface area contributed by atoms with Crippen LogP contribution in [-0.4, -0.2) is 44.4 Å². The van der Waals surface area contributed by atoms with Crippen LogP contribution < -0.4 is 0 Å². The van der Waals surface area contributed by atoms with E-state index in [1.165, 1.54) is 11.3 Å². The molecule has 0 fully saturated rings. The minimum Gasteiger partial charge on any atom is -0.341 e.